The van der Waals surface area contributed by atoms with Gasteiger partial charge in [0, 0.05) is 26.2 Å². The summed E-state index contributed by atoms with van der Waals surface area (Å²) in [5.41, 5.74) is 0. The lowest BCUT2D eigenvalue weighted by Crippen LogP contribution is -2.36. The molecule has 2 aliphatic rings. The molecule has 0 aromatic heterocycles. The lowest BCUT2D eigenvalue weighted by atomic mass is 10.6. The summed E-state index contributed by atoms with van der Waals surface area (Å²) in [4.78, 5) is 9.41. The number of rotatable bonds is 4. The Labute approximate surface area is 92.0 Å². The fourth-order valence-corrected chi connectivity index (χ4v) is 2.15. The summed E-state index contributed by atoms with van der Waals surface area (Å²) >= 11 is 0. The van der Waals surface area contributed by atoms with Crippen LogP contribution in [0.15, 0.2) is 25.6 Å². The highest BCUT2D eigenvalue weighted by atomic mass is 15.5. The summed E-state index contributed by atoms with van der Waals surface area (Å²) < 4.78 is 0. The van der Waals surface area contributed by atoms with E-state index in [0.29, 0.717) is 0 Å². The van der Waals surface area contributed by atoms with Crippen molar-refractivity contribution in [1.29, 1.82) is 0 Å². The van der Waals surface area contributed by atoms with Crippen LogP contribution in [0.25, 0.3) is 0 Å². The maximum Gasteiger partial charge on any atom is 0.0712 e. The standard InChI is InChI=1S/C11H20N4/c1-3-12-5-7-14(9-12)11-15-8-6-13(4-2)10-15/h3-4H,1-2,5-11H2. The largest absolute Gasteiger partial charge is 0.364 e. The molecule has 0 spiro atoms. The molecule has 2 aliphatic heterocycles. The van der Waals surface area contributed by atoms with Gasteiger partial charge in [-0.15, -0.1) is 0 Å². The molecule has 0 atom stereocenters. The van der Waals surface area contributed by atoms with E-state index in [4.69, 9.17) is 0 Å². The van der Waals surface area contributed by atoms with E-state index in [2.05, 4.69) is 32.8 Å². The Hall–Kier alpha value is -1.00. The zero-order valence-electron chi connectivity index (χ0n) is 9.31. The quantitative estimate of drug-likeness (QED) is 0.662. The molecule has 84 valence electrons. The van der Waals surface area contributed by atoms with Crippen LogP contribution in [-0.2, 0) is 0 Å². The van der Waals surface area contributed by atoms with Crippen LogP contribution in [0.4, 0.5) is 0 Å². The Morgan fingerprint density at radius 1 is 0.800 bits per heavy atom. The van der Waals surface area contributed by atoms with Gasteiger partial charge < -0.3 is 9.80 Å². The molecule has 0 radical (unpaired) electrons. The first-order valence-corrected chi connectivity index (χ1v) is 5.50. The normalized spacial score (nSPS) is 23.7. The van der Waals surface area contributed by atoms with E-state index in [9.17, 15) is 0 Å². The Kier molecular flexibility index (Phi) is 3.28. The van der Waals surface area contributed by atoms with Crippen LogP contribution in [0.5, 0.6) is 0 Å². The van der Waals surface area contributed by atoms with Crippen molar-refractivity contribution in [3.05, 3.63) is 25.6 Å². The second kappa shape index (κ2) is 4.68. The fourth-order valence-electron chi connectivity index (χ4n) is 2.15. The third-order valence-electron chi connectivity index (χ3n) is 3.09. The lowest BCUT2D eigenvalue weighted by molar-refractivity contribution is 0.153. The van der Waals surface area contributed by atoms with Gasteiger partial charge in [0.25, 0.3) is 0 Å². The molecule has 0 aromatic rings. The molecule has 0 aliphatic carbocycles. The van der Waals surface area contributed by atoms with Gasteiger partial charge in [0.2, 0.25) is 0 Å². The van der Waals surface area contributed by atoms with Crippen molar-refractivity contribution in [2.45, 2.75) is 0 Å². The van der Waals surface area contributed by atoms with E-state index in [0.717, 1.165) is 46.2 Å². The van der Waals surface area contributed by atoms with Crippen LogP contribution in [-0.4, -0.2) is 65.8 Å². The van der Waals surface area contributed by atoms with Gasteiger partial charge in [0.05, 0.1) is 20.0 Å². The third kappa shape index (κ3) is 2.52. The Balaban J connectivity index is 1.74. The average molecular weight is 208 g/mol. The Morgan fingerprint density at radius 3 is 1.60 bits per heavy atom. The van der Waals surface area contributed by atoms with Gasteiger partial charge in [0.15, 0.2) is 0 Å². The van der Waals surface area contributed by atoms with E-state index in [1.807, 2.05) is 12.4 Å². The first-order valence-electron chi connectivity index (χ1n) is 5.50. The predicted molar refractivity (Wildman–Crippen MR) is 61.8 cm³/mol. The van der Waals surface area contributed by atoms with Crippen LogP contribution < -0.4 is 0 Å². The summed E-state index contributed by atoms with van der Waals surface area (Å²) in [5.74, 6) is 0. The molecular weight excluding hydrogens is 188 g/mol. The second-order valence-corrected chi connectivity index (χ2v) is 4.20. The monoisotopic (exact) mass is 208 g/mol. The van der Waals surface area contributed by atoms with Crippen molar-refractivity contribution in [2.75, 3.05) is 46.2 Å². The van der Waals surface area contributed by atoms with Crippen LogP contribution >= 0.6 is 0 Å². The maximum absolute atomic E-state index is 3.80. The van der Waals surface area contributed by atoms with Gasteiger partial charge in [-0.1, -0.05) is 13.2 Å². The van der Waals surface area contributed by atoms with Crippen molar-refractivity contribution in [3.8, 4) is 0 Å². The highest BCUT2D eigenvalue weighted by Gasteiger charge is 2.22. The third-order valence-corrected chi connectivity index (χ3v) is 3.09. The van der Waals surface area contributed by atoms with Gasteiger partial charge in [-0.25, -0.2) is 0 Å². The molecule has 2 fully saturated rings. The molecule has 0 aromatic carbocycles. The smallest absolute Gasteiger partial charge is 0.0712 e. The molecular formula is C11H20N4. The summed E-state index contributed by atoms with van der Waals surface area (Å²) in [5, 5.41) is 0. The fraction of sp³-hybridized carbons (Fsp3) is 0.636. The highest BCUT2D eigenvalue weighted by Crippen LogP contribution is 2.09. The molecule has 4 nitrogen and oxygen atoms in total. The zero-order valence-corrected chi connectivity index (χ0v) is 9.31. The minimum Gasteiger partial charge on any atom is -0.364 e. The SMILES string of the molecule is C=CN1CCN(CN2CCN(C=C)C2)C1. The molecule has 2 heterocycles. The van der Waals surface area contributed by atoms with E-state index >= 15 is 0 Å². The Bertz CT molecular complexity index is 217. The van der Waals surface area contributed by atoms with Crippen molar-refractivity contribution < 1.29 is 0 Å². The summed E-state index contributed by atoms with van der Waals surface area (Å²) in [6, 6.07) is 0. The summed E-state index contributed by atoms with van der Waals surface area (Å²) in [6.45, 7) is 15.2. The number of hydrogen-bond acceptors (Lipinski definition) is 4. The van der Waals surface area contributed by atoms with E-state index in [1.54, 1.807) is 0 Å². The lowest BCUT2D eigenvalue weighted by Gasteiger charge is -2.23. The minimum atomic E-state index is 1.02. The van der Waals surface area contributed by atoms with Gasteiger partial charge in [0.1, 0.15) is 0 Å². The first-order chi connectivity index (χ1) is 7.31. The second-order valence-electron chi connectivity index (χ2n) is 4.20. The number of nitrogens with zero attached hydrogens (tertiary/aromatic N) is 4. The van der Waals surface area contributed by atoms with Crippen LogP contribution in [0, 0.1) is 0 Å². The van der Waals surface area contributed by atoms with E-state index in [1.165, 1.54) is 0 Å². The van der Waals surface area contributed by atoms with Crippen LogP contribution in [0.2, 0.25) is 0 Å². The zero-order chi connectivity index (χ0) is 10.7. The first kappa shape index (κ1) is 10.5. The van der Waals surface area contributed by atoms with Gasteiger partial charge in [-0.05, 0) is 12.4 Å². The van der Waals surface area contributed by atoms with Gasteiger partial charge >= 0.3 is 0 Å². The van der Waals surface area contributed by atoms with E-state index in [-0.39, 0.29) is 0 Å². The van der Waals surface area contributed by atoms with Crippen molar-refractivity contribution in [3.63, 3.8) is 0 Å². The maximum atomic E-state index is 3.80. The summed E-state index contributed by atoms with van der Waals surface area (Å²) in [7, 11) is 0. The van der Waals surface area contributed by atoms with Gasteiger partial charge in [-0.3, -0.25) is 9.80 Å². The topological polar surface area (TPSA) is 13.0 Å². The minimum absolute atomic E-state index is 1.02. The average Bonchev–Trinajstić information content (AvgIpc) is 2.87. The molecule has 0 bridgehead atoms. The Morgan fingerprint density at radius 2 is 1.27 bits per heavy atom. The molecule has 0 amide bonds. The summed E-state index contributed by atoms with van der Waals surface area (Å²) in [6.07, 6.45) is 3.86. The van der Waals surface area contributed by atoms with Crippen molar-refractivity contribution in [1.82, 2.24) is 19.6 Å². The number of hydrogen-bond donors (Lipinski definition) is 0. The molecule has 15 heavy (non-hydrogen) atoms. The highest BCUT2D eigenvalue weighted by molar-refractivity contribution is 4.82. The molecule has 0 N–H and O–H groups in total. The molecule has 0 unspecified atom stereocenters. The molecule has 4 heteroatoms. The molecule has 2 rings (SSSR count). The van der Waals surface area contributed by atoms with Gasteiger partial charge in [-0.2, -0.15) is 0 Å². The van der Waals surface area contributed by atoms with Crippen LogP contribution in [0.3, 0.4) is 0 Å². The van der Waals surface area contributed by atoms with Crippen LogP contribution in [0.1, 0.15) is 0 Å². The molecule has 2 saturated heterocycles. The van der Waals surface area contributed by atoms with Crippen molar-refractivity contribution >= 4 is 0 Å². The predicted octanol–water partition coefficient (Wildman–Crippen LogP) is 0.381. The van der Waals surface area contributed by atoms with E-state index < -0.39 is 0 Å². The van der Waals surface area contributed by atoms with Crippen molar-refractivity contribution in [2.24, 2.45) is 0 Å². The molecule has 0 saturated carbocycles.